The van der Waals surface area contributed by atoms with Crippen LogP contribution < -0.4 is 0 Å². The van der Waals surface area contributed by atoms with Crippen LogP contribution in [0.2, 0.25) is 0 Å². The van der Waals surface area contributed by atoms with Gasteiger partial charge < -0.3 is 9.69 Å². The molecule has 1 aliphatic heterocycles. The van der Waals surface area contributed by atoms with Crippen molar-refractivity contribution in [3.63, 3.8) is 0 Å². The summed E-state index contributed by atoms with van der Waals surface area (Å²) in [5, 5.41) is 0. The summed E-state index contributed by atoms with van der Waals surface area (Å²) in [6.07, 6.45) is 4.01. The van der Waals surface area contributed by atoms with Gasteiger partial charge in [-0.3, -0.25) is 0 Å². The van der Waals surface area contributed by atoms with Crippen LogP contribution >= 0.6 is 0 Å². The van der Waals surface area contributed by atoms with Crippen LogP contribution in [0, 0.1) is 17.4 Å². The van der Waals surface area contributed by atoms with E-state index in [0.717, 1.165) is 13.1 Å². The number of carbonyl (C=O) groups is 1. The summed E-state index contributed by atoms with van der Waals surface area (Å²) < 4.78 is 0. The molecule has 0 spiro atoms. The second-order valence-electron chi connectivity index (χ2n) is 5.83. The van der Waals surface area contributed by atoms with E-state index in [-0.39, 0.29) is 11.2 Å². The average Bonchev–Trinajstić information content (AvgIpc) is 2.23. The van der Waals surface area contributed by atoms with E-state index in [1.165, 1.54) is 5.57 Å². The molecule has 0 aromatic rings. The third kappa shape index (κ3) is 1.64. The highest BCUT2D eigenvalue weighted by Crippen LogP contribution is 2.49. The van der Waals surface area contributed by atoms with Crippen LogP contribution in [0.15, 0.2) is 23.4 Å². The zero-order chi connectivity index (χ0) is 12.8. The minimum absolute atomic E-state index is 0.0409. The van der Waals surface area contributed by atoms with E-state index in [4.69, 9.17) is 6.57 Å². The predicted molar refractivity (Wildman–Crippen MR) is 67.2 cm³/mol. The Kier molecular flexibility index (Phi) is 2.52. The molecule has 0 fully saturated rings. The molecule has 0 bridgehead atoms. The molecule has 3 nitrogen and oxygen atoms in total. The minimum atomic E-state index is -0.537. The zero-order valence-corrected chi connectivity index (χ0v) is 10.9. The molecule has 0 aromatic carbocycles. The first kappa shape index (κ1) is 12.1. The molecule has 0 saturated carbocycles. The normalized spacial score (nSPS) is 32.3. The van der Waals surface area contributed by atoms with E-state index < -0.39 is 5.41 Å². The van der Waals surface area contributed by atoms with E-state index in [1.807, 2.05) is 19.9 Å². The van der Waals surface area contributed by atoms with Crippen LogP contribution in [0.5, 0.6) is 0 Å². The van der Waals surface area contributed by atoms with E-state index in [0.29, 0.717) is 5.70 Å². The lowest BCUT2D eigenvalue weighted by Gasteiger charge is -2.47. The SMILES string of the molecule is [C-]#[N+]C1=C[C@@]2(C)CN(C)CC=C2C(C)(C)C1=O. The molecule has 1 aliphatic carbocycles. The lowest BCUT2D eigenvalue weighted by molar-refractivity contribution is -0.122. The van der Waals surface area contributed by atoms with E-state index in [1.54, 1.807) is 0 Å². The fraction of sp³-hybridized carbons (Fsp3) is 0.571. The number of nitrogens with zero attached hydrogens (tertiary/aromatic N) is 2. The van der Waals surface area contributed by atoms with Crippen molar-refractivity contribution in [3.8, 4) is 0 Å². The van der Waals surface area contributed by atoms with Crippen LogP contribution in [-0.2, 0) is 4.79 Å². The summed E-state index contributed by atoms with van der Waals surface area (Å²) in [7, 11) is 2.06. The zero-order valence-electron chi connectivity index (χ0n) is 10.9. The van der Waals surface area contributed by atoms with Crippen LogP contribution in [-0.4, -0.2) is 30.8 Å². The molecule has 0 saturated heterocycles. The Morgan fingerprint density at radius 2 is 2.06 bits per heavy atom. The van der Waals surface area contributed by atoms with Gasteiger partial charge in [-0.15, -0.1) is 0 Å². The molecule has 0 unspecified atom stereocenters. The molecule has 90 valence electrons. The Labute approximate surface area is 103 Å². The van der Waals surface area contributed by atoms with Gasteiger partial charge in [0.2, 0.25) is 5.70 Å². The summed E-state index contributed by atoms with van der Waals surface area (Å²) in [5.41, 5.74) is 0.750. The Hall–Kier alpha value is -1.40. The first-order chi connectivity index (χ1) is 7.81. The largest absolute Gasteiger partial charge is 0.307 e. The summed E-state index contributed by atoms with van der Waals surface area (Å²) in [4.78, 5) is 17.8. The Morgan fingerprint density at radius 1 is 1.41 bits per heavy atom. The third-order valence-corrected chi connectivity index (χ3v) is 3.87. The van der Waals surface area contributed by atoms with Gasteiger partial charge in [-0.1, -0.05) is 38.5 Å². The van der Waals surface area contributed by atoms with E-state index >= 15 is 0 Å². The Balaban J connectivity index is 2.63. The molecule has 17 heavy (non-hydrogen) atoms. The van der Waals surface area contributed by atoms with E-state index in [2.05, 4.69) is 29.8 Å². The van der Waals surface area contributed by atoms with Crippen molar-refractivity contribution in [3.05, 3.63) is 34.8 Å². The van der Waals surface area contributed by atoms with Gasteiger partial charge in [-0.2, -0.15) is 0 Å². The number of rotatable bonds is 0. The monoisotopic (exact) mass is 230 g/mol. The van der Waals surface area contributed by atoms with Gasteiger partial charge in [0.15, 0.2) is 5.78 Å². The molecule has 1 atom stereocenters. The molecule has 0 aromatic heterocycles. The second-order valence-corrected chi connectivity index (χ2v) is 5.83. The van der Waals surface area contributed by atoms with Gasteiger partial charge in [0.05, 0.1) is 6.57 Å². The number of fused-ring (bicyclic) bond motifs is 1. The quantitative estimate of drug-likeness (QED) is 0.471. The third-order valence-electron chi connectivity index (χ3n) is 3.87. The van der Waals surface area contributed by atoms with Crippen molar-refractivity contribution >= 4 is 5.78 Å². The lowest BCUT2D eigenvalue weighted by Crippen LogP contribution is -2.47. The van der Waals surface area contributed by atoms with Crippen LogP contribution in [0.1, 0.15) is 20.8 Å². The maximum absolute atomic E-state index is 12.2. The van der Waals surface area contributed by atoms with Crippen molar-refractivity contribution in [1.82, 2.24) is 4.90 Å². The van der Waals surface area contributed by atoms with Crippen molar-refractivity contribution in [2.75, 3.05) is 20.1 Å². The molecule has 0 N–H and O–H groups in total. The number of ketones is 1. The van der Waals surface area contributed by atoms with Crippen LogP contribution in [0.3, 0.4) is 0 Å². The van der Waals surface area contributed by atoms with Crippen LogP contribution in [0.25, 0.3) is 4.85 Å². The topological polar surface area (TPSA) is 24.7 Å². The number of carbonyl (C=O) groups excluding carboxylic acids is 1. The van der Waals surface area contributed by atoms with Gasteiger partial charge in [-0.05, 0) is 7.05 Å². The predicted octanol–water partition coefficient (Wildman–Crippen LogP) is 2.28. The summed E-state index contributed by atoms with van der Waals surface area (Å²) in [5.74, 6) is -0.0409. The minimum Gasteiger partial charge on any atom is -0.307 e. The first-order valence-electron chi connectivity index (χ1n) is 5.86. The number of hydrogen-bond acceptors (Lipinski definition) is 2. The highest BCUT2D eigenvalue weighted by atomic mass is 16.1. The first-order valence-corrected chi connectivity index (χ1v) is 5.86. The average molecular weight is 230 g/mol. The van der Waals surface area contributed by atoms with Gasteiger partial charge in [0.25, 0.3) is 0 Å². The standard InChI is InChI=1S/C14H18N2O/c1-13(2)11-6-7-16(5)9-14(11,3)8-10(15-4)12(13)17/h6,8H,7,9H2,1-3,5H3/t14-/m0/s1. The Morgan fingerprint density at radius 3 is 2.65 bits per heavy atom. The molecular formula is C14H18N2O. The maximum Gasteiger partial charge on any atom is 0.227 e. The van der Waals surface area contributed by atoms with Crippen molar-refractivity contribution in [2.45, 2.75) is 20.8 Å². The van der Waals surface area contributed by atoms with Crippen molar-refractivity contribution in [2.24, 2.45) is 10.8 Å². The molecule has 1 heterocycles. The second kappa shape index (κ2) is 3.54. The summed E-state index contributed by atoms with van der Waals surface area (Å²) in [6, 6.07) is 0. The molecule has 0 amide bonds. The maximum atomic E-state index is 12.2. The smallest absolute Gasteiger partial charge is 0.227 e. The van der Waals surface area contributed by atoms with Crippen LogP contribution in [0.4, 0.5) is 0 Å². The number of Topliss-reactive ketones (excluding diaryl/α,β-unsaturated/α-hetero) is 1. The fourth-order valence-corrected chi connectivity index (χ4v) is 3.18. The van der Waals surface area contributed by atoms with Gasteiger partial charge >= 0.3 is 0 Å². The molecule has 3 heteroatoms. The van der Waals surface area contributed by atoms with Crippen molar-refractivity contribution < 1.29 is 4.79 Å². The number of likely N-dealkylation sites (N-methyl/N-ethyl adjacent to an activating group) is 1. The Bertz CT molecular complexity index is 479. The van der Waals surface area contributed by atoms with Gasteiger partial charge in [0.1, 0.15) is 0 Å². The number of hydrogen-bond donors (Lipinski definition) is 0. The molecule has 2 rings (SSSR count). The molecule has 0 radical (unpaired) electrons. The molecule has 2 aliphatic rings. The van der Waals surface area contributed by atoms with Gasteiger partial charge in [-0.25, -0.2) is 4.85 Å². The highest BCUT2D eigenvalue weighted by molar-refractivity contribution is 6.04. The number of allylic oxidation sites excluding steroid dienone is 1. The fourth-order valence-electron chi connectivity index (χ4n) is 3.18. The van der Waals surface area contributed by atoms with Crippen molar-refractivity contribution in [1.29, 1.82) is 0 Å². The lowest BCUT2D eigenvalue weighted by atomic mass is 9.61. The molecular weight excluding hydrogens is 212 g/mol. The van der Waals surface area contributed by atoms with E-state index in [9.17, 15) is 4.79 Å². The summed E-state index contributed by atoms with van der Waals surface area (Å²) >= 11 is 0. The highest BCUT2D eigenvalue weighted by Gasteiger charge is 2.48. The van der Waals surface area contributed by atoms with Gasteiger partial charge in [0, 0.05) is 23.9 Å². The summed E-state index contributed by atoms with van der Waals surface area (Å²) in [6.45, 7) is 14.9.